The molecule has 1 aliphatic heterocycles. The van der Waals surface area contributed by atoms with Gasteiger partial charge < -0.3 is 14.6 Å². The van der Waals surface area contributed by atoms with E-state index in [4.69, 9.17) is 9.47 Å². The molecule has 1 aliphatic rings. The maximum absolute atomic E-state index is 9.46. The first kappa shape index (κ1) is 7.98. The quantitative estimate of drug-likeness (QED) is 0.575. The second kappa shape index (κ2) is 3.32. The molecule has 1 N–H and O–H groups in total. The number of rotatable bonds is 4. The first-order chi connectivity index (χ1) is 4.77. The van der Waals surface area contributed by atoms with Crippen molar-refractivity contribution in [3.8, 4) is 0 Å². The topological polar surface area (TPSA) is 38.7 Å². The van der Waals surface area contributed by atoms with Crippen LogP contribution >= 0.6 is 0 Å². The van der Waals surface area contributed by atoms with Gasteiger partial charge in [-0.25, -0.2) is 0 Å². The molecule has 0 aliphatic carbocycles. The van der Waals surface area contributed by atoms with Gasteiger partial charge in [-0.05, 0) is 12.8 Å². The minimum Gasteiger partial charge on any atom is -0.385 e. The van der Waals surface area contributed by atoms with Crippen molar-refractivity contribution in [1.29, 1.82) is 0 Å². The molecule has 1 saturated heterocycles. The highest BCUT2D eigenvalue weighted by Crippen LogP contribution is 2.21. The van der Waals surface area contributed by atoms with Crippen LogP contribution in [-0.2, 0) is 9.47 Å². The molecule has 1 heterocycles. The lowest BCUT2D eigenvalue weighted by atomic mass is 9.96. The van der Waals surface area contributed by atoms with Crippen LogP contribution in [-0.4, -0.2) is 37.6 Å². The average molecular weight is 146 g/mol. The Morgan fingerprint density at radius 2 is 2.30 bits per heavy atom. The highest BCUT2D eigenvalue weighted by molar-refractivity contribution is 4.84. The maximum Gasteiger partial charge on any atom is 0.111 e. The highest BCUT2D eigenvalue weighted by Gasteiger charge is 2.34. The third kappa shape index (κ3) is 1.94. The van der Waals surface area contributed by atoms with E-state index in [1.807, 2.05) is 0 Å². The first-order valence-electron chi connectivity index (χ1n) is 3.56. The Hall–Kier alpha value is -0.120. The van der Waals surface area contributed by atoms with E-state index in [1.54, 1.807) is 7.11 Å². The van der Waals surface area contributed by atoms with Gasteiger partial charge in [0.05, 0.1) is 13.2 Å². The number of methoxy groups -OCH3 is 1. The number of aliphatic hydroxyl groups is 1. The van der Waals surface area contributed by atoms with Crippen molar-refractivity contribution in [3.63, 3.8) is 0 Å². The molecular formula is C7H14O3. The van der Waals surface area contributed by atoms with Gasteiger partial charge in [0.15, 0.2) is 0 Å². The molecule has 0 atom stereocenters. The predicted molar refractivity (Wildman–Crippen MR) is 36.9 cm³/mol. The van der Waals surface area contributed by atoms with Gasteiger partial charge in [0.1, 0.15) is 5.60 Å². The third-order valence-corrected chi connectivity index (χ3v) is 1.73. The zero-order valence-electron chi connectivity index (χ0n) is 6.30. The minimum absolute atomic E-state index is 0.497. The lowest BCUT2D eigenvalue weighted by molar-refractivity contribution is -0.182. The van der Waals surface area contributed by atoms with Crippen molar-refractivity contribution in [1.82, 2.24) is 0 Å². The Bertz CT molecular complexity index is 99.0. The van der Waals surface area contributed by atoms with Gasteiger partial charge in [-0.2, -0.15) is 0 Å². The van der Waals surface area contributed by atoms with Gasteiger partial charge in [0.2, 0.25) is 0 Å². The number of hydrogen-bond acceptors (Lipinski definition) is 3. The molecule has 60 valence electrons. The van der Waals surface area contributed by atoms with Gasteiger partial charge in [-0.3, -0.25) is 0 Å². The van der Waals surface area contributed by atoms with E-state index in [2.05, 4.69) is 0 Å². The van der Waals surface area contributed by atoms with Crippen LogP contribution in [0.25, 0.3) is 0 Å². The summed E-state index contributed by atoms with van der Waals surface area (Å²) in [6.45, 7) is 1.72. The fourth-order valence-electron chi connectivity index (χ4n) is 1.03. The third-order valence-electron chi connectivity index (χ3n) is 1.73. The van der Waals surface area contributed by atoms with Gasteiger partial charge in [-0.1, -0.05) is 0 Å². The summed E-state index contributed by atoms with van der Waals surface area (Å²) in [5.41, 5.74) is -0.529. The lowest BCUT2D eigenvalue weighted by Gasteiger charge is -2.36. The molecule has 0 aromatic carbocycles. The van der Waals surface area contributed by atoms with Crippen molar-refractivity contribution in [3.05, 3.63) is 0 Å². The Morgan fingerprint density at radius 3 is 2.70 bits per heavy atom. The van der Waals surface area contributed by atoms with E-state index in [9.17, 15) is 5.11 Å². The molecule has 3 heteroatoms. The minimum atomic E-state index is -0.529. The van der Waals surface area contributed by atoms with Crippen LogP contribution in [0.4, 0.5) is 0 Å². The molecule has 3 nitrogen and oxygen atoms in total. The molecule has 0 bridgehead atoms. The molecule has 0 saturated carbocycles. The van der Waals surface area contributed by atoms with Crippen LogP contribution in [0.3, 0.4) is 0 Å². The largest absolute Gasteiger partial charge is 0.385 e. The molecule has 0 aromatic rings. The molecule has 0 amide bonds. The summed E-state index contributed by atoms with van der Waals surface area (Å²) in [6.07, 6.45) is 1.71. The molecule has 0 unspecified atom stereocenters. The molecule has 10 heavy (non-hydrogen) atoms. The standard InChI is InChI=1S/C7H14O3/c1-9-4-2-3-7(8)5-10-6-7/h8H,2-6H2,1H3. The summed E-state index contributed by atoms with van der Waals surface area (Å²) in [5, 5.41) is 9.46. The summed E-state index contributed by atoms with van der Waals surface area (Å²) in [7, 11) is 1.67. The second-order valence-corrected chi connectivity index (χ2v) is 2.81. The zero-order valence-corrected chi connectivity index (χ0v) is 6.30. The van der Waals surface area contributed by atoms with Crippen LogP contribution in [0.15, 0.2) is 0 Å². The summed E-state index contributed by atoms with van der Waals surface area (Å²) in [5.74, 6) is 0. The summed E-state index contributed by atoms with van der Waals surface area (Å²) in [6, 6.07) is 0. The molecule has 0 aromatic heterocycles. The second-order valence-electron chi connectivity index (χ2n) is 2.81. The maximum atomic E-state index is 9.46. The van der Waals surface area contributed by atoms with Crippen molar-refractivity contribution in [2.24, 2.45) is 0 Å². The van der Waals surface area contributed by atoms with E-state index in [0.717, 1.165) is 19.4 Å². The van der Waals surface area contributed by atoms with Crippen molar-refractivity contribution in [2.45, 2.75) is 18.4 Å². The van der Waals surface area contributed by atoms with Crippen molar-refractivity contribution >= 4 is 0 Å². The van der Waals surface area contributed by atoms with E-state index in [0.29, 0.717) is 13.2 Å². The summed E-state index contributed by atoms with van der Waals surface area (Å²) >= 11 is 0. The van der Waals surface area contributed by atoms with Crippen LogP contribution in [0, 0.1) is 0 Å². The van der Waals surface area contributed by atoms with Gasteiger partial charge in [0.25, 0.3) is 0 Å². The molecule has 0 spiro atoms. The lowest BCUT2D eigenvalue weighted by Crippen LogP contribution is -2.49. The Kier molecular flexibility index (Phi) is 2.65. The van der Waals surface area contributed by atoms with E-state index >= 15 is 0 Å². The Balaban J connectivity index is 2.01. The molecule has 0 radical (unpaired) electrons. The summed E-state index contributed by atoms with van der Waals surface area (Å²) in [4.78, 5) is 0. The Labute approximate surface area is 60.9 Å². The zero-order chi connectivity index (χ0) is 7.45. The van der Waals surface area contributed by atoms with Crippen LogP contribution in [0.5, 0.6) is 0 Å². The molecule has 1 fully saturated rings. The van der Waals surface area contributed by atoms with Crippen LogP contribution < -0.4 is 0 Å². The first-order valence-corrected chi connectivity index (χ1v) is 3.56. The highest BCUT2D eigenvalue weighted by atomic mass is 16.5. The van der Waals surface area contributed by atoms with Crippen LogP contribution in [0.1, 0.15) is 12.8 Å². The van der Waals surface area contributed by atoms with Crippen molar-refractivity contribution < 1.29 is 14.6 Å². The van der Waals surface area contributed by atoms with E-state index < -0.39 is 5.60 Å². The average Bonchev–Trinajstić information content (AvgIpc) is 1.85. The smallest absolute Gasteiger partial charge is 0.111 e. The van der Waals surface area contributed by atoms with Gasteiger partial charge in [-0.15, -0.1) is 0 Å². The Morgan fingerprint density at radius 1 is 1.60 bits per heavy atom. The predicted octanol–water partition coefficient (Wildman–Crippen LogP) is 0.174. The fourth-order valence-corrected chi connectivity index (χ4v) is 1.03. The fraction of sp³-hybridized carbons (Fsp3) is 1.00. The van der Waals surface area contributed by atoms with Crippen LogP contribution in [0.2, 0.25) is 0 Å². The van der Waals surface area contributed by atoms with E-state index in [1.165, 1.54) is 0 Å². The number of hydrogen-bond donors (Lipinski definition) is 1. The summed E-state index contributed by atoms with van der Waals surface area (Å²) < 4.78 is 9.73. The molecular weight excluding hydrogens is 132 g/mol. The van der Waals surface area contributed by atoms with Gasteiger partial charge >= 0.3 is 0 Å². The normalized spacial score (nSPS) is 22.2. The van der Waals surface area contributed by atoms with E-state index in [-0.39, 0.29) is 0 Å². The number of ether oxygens (including phenoxy) is 2. The monoisotopic (exact) mass is 146 g/mol. The SMILES string of the molecule is COCCCC1(O)COC1. The molecule has 1 rings (SSSR count). The van der Waals surface area contributed by atoms with Crippen molar-refractivity contribution in [2.75, 3.05) is 26.9 Å². The van der Waals surface area contributed by atoms with Gasteiger partial charge in [0, 0.05) is 13.7 Å².